The molecule has 13 heavy (non-hydrogen) atoms. The van der Waals surface area contributed by atoms with Gasteiger partial charge < -0.3 is 0 Å². The van der Waals surface area contributed by atoms with Crippen molar-refractivity contribution in [3.8, 4) is 0 Å². The Labute approximate surface area is 84.0 Å². The molecule has 0 aromatic heterocycles. The van der Waals surface area contributed by atoms with Crippen LogP contribution in [0.25, 0.3) is 0 Å². The number of benzene rings is 1. The molecule has 2 atom stereocenters. The van der Waals surface area contributed by atoms with Crippen molar-refractivity contribution in [2.75, 3.05) is 0 Å². The lowest BCUT2D eigenvalue weighted by molar-refractivity contribution is 0.579. The normalized spacial score (nSPS) is 13.3. The molecular formula is C12H19P. The molecule has 0 nitrogen and oxygen atoms in total. The Morgan fingerprint density at radius 1 is 1.15 bits per heavy atom. The Hall–Kier alpha value is -0.350. The third-order valence-electron chi connectivity index (χ3n) is 2.23. The van der Waals surface area contributed by atoms with Crippen molar-refractivity contribution in [2.45, 2.75) is 32.9 Å². The minimum atomic E-state index is 0.612. The highest BCUT2D eigenvalue weighted by Gasteiger charge is 2.06. The number of rotatable bonds is 3. The zero-order valence-corrected chi connectivity index (χ0v) is 9.90. The van der Waals surface area contributed by atoms with Gasteiger partial charge in [0.2, 0.25) is 0 Å². The standard InChI is InChI=1S/C12H19P/c1-9(2)8-12(13)11-6-4-10(3)5-7-11/h4-7,9,12H,8,13H2,1-3H3. The van der Waals surface area contributed by atoms with Gasteiger partial charge in [0.1, 0.15) is 0 Å². The minimum Gasteiger partial charge on any atom is -0.130 e. The van der Waals surface area contributed by atoms with E-state index in [0.717, 1.165) is 5.92 Å². The third-order valence-corrected chi connectivity index (χ3v) is 2.89. The third kappa shape index (κ3) is 3.48. The van der Waals surface area contributed by atoms with Crippen LogP contribution < -0.4 is 0 Å². The average molecular weight is 194 g/mol. The monoisotopic (exact) mass is 194 g/mol. The summed E-state index contributed by atoms with van der Waals surface area (Å²) in [4.78, 5) is 0. The molecule has 72 valence electrons. The van der Waals surface area contributed by atoms with Crippen molar-refractivity contribution in [1.29, 1.82) is 0 Å². The van der Waals surface area contributed by atoms with Gasteiger partial charge in [0.25, 0.3) is 0 Å². The smallest absolute Gasteiger partial charge is 0.00121 e. The highest BCUT2D eigenvalue weighted by molar-refractivity contribution is 7.17. The fourth-order valence-corrected chi connectivity index (χ4v) is 2.22. The van der Waals surface area contributed by atoms with Crippen LogP contribution in [0.4, 0.5) is 0 Å². The molecule has 1 aromatic carbocycles. The molecule has 0 heterocycles. The zero-order chi connectivity index (χ0) is 9.84. The summed E-state index contributed by atoms with van der Waals surface area (Å²) < 4.78 is 0. The topological polar surface area (TPSA) is 0 Å². The minimum absolute atomic E-state index is 0.612. The van der Waals surface area contributed by atoms with Gasteiger partial charge in [-0.15, -0.1) is 9.24 Å². The lowest BCUT2D eigenvalue weighted by Crippen LogP contribution is -1.95. The molecule has 1 aromatic rings. The van der Waals surface area contributed by atoms with E-state index in [2.05, 4.69) is 54.3 Å². The van der Waals surface area contributed by atoms with Crippen LogP contribution in [0.3, 0.4) is 0 Å². The Morgan fingerprint density at radius 3 is 2.15 bits per heavy atom. The molecule has 0 radical (unpaired) electrons. The molecule has 0 aliphatic rings. The summed E-state index contributed by atoms with van der Waals surface area (Å²) in [5.41, 5.74) is 3.38. The molecule has 0 saturated heterocycles. The second-order valence-corrected chi connectivity index (χ2v) is 4.95. The molecule has 2 unspecified atom stereocenters. The maximum Gasteiger partial charge on any atom is -0.00121 e. The molecule has 0 bridgehead atoms. The quantitative estimate of drug-likeness (QED) is 0.639. The molecule has 0 amide bonds. The molecule has 1 rings (SSSR count). The van der Waals surface area contributed by atoms with Crippen molar-refractivity contribution in [2.24, 2.45) is 5.92 Å². The molecule has 1 heteroatoms. The maximum absolute atomic E-state index is 2.93. The first-order chi connectivity index (χ1) is 6.09. The van der Waals surface area contributed by atoms with Crippen molar-refractivity contribution >= 4 is 9.24 Å². The summed E-state index contributed by atoms with van der Waals surface area (Å²) in [6, 6.07) is 8.84. The van der Waals surface area contributed by atoms with Gasteiger partial charge in [-0.05, 0) is 30.5 Å². The maximum atomic E-state index is 2.93. The van der Waals surface area contributed by atoms with E-state index in [1.54, 1.807) is 0 Å². The number of hydrogen-bond acceptors (Lipinski definition) is 0. The van der Waals surface area contributed by atoms with Gasteiger partial charge in [-0.25, -0.2) is 0 Å². The van der Waals surface area contributed by atoms with Crippen molar-refractivity contribution in [1.82, 2.24) is 0 Å². The summed E-state index contributed by atoms with van der Waals surface area (Å²) in [5.74, 6) is 0.767. The van der Waals surface area contributed by atoms with Crippen molar-refractivity contribution in [3.63, 3.8) is 0 Å². The van der Waals surface area contributed by atoms with Gasteiger partial charge >= 0.3 is 0 Å². The predicted molar refractivity (Wildman–Crippen MR) is 63.1 cm³/mol. The van der Waals surface area contributed by atoms with E-state index in [1.165, 1.54) is 17.5 Å². The lowest BCUT2D eigenvalue weighted by Gasteiger charge is -2.14. The second-order valence-electron chi connectivity index (χ2n) is 4.15. The van der Waals surface area contributed by atoms with E-state index in [-0.39, 0.29) is 0 Å². The molecule has 0 spiro atoms. The van der Waals surface area contributed by atoms with Gasteiger partial charge in [-0.1, -0.05) is 43.7 Å². The van der Waals surface area contributed by atoms with Gasteiger partial charge in [0, 0.05) is 0 Å². The average Bonchev–Trinajstić information content (AvgIpc) is 2.04. The van der Waals surface area contributed by atoms with E-state index >= 15 is 0 Å². The predicted octanol–water partition coefficient (Wildman–Crippen LogP) is 3.96. The molecule has 0 aliphatic heterocycles. The van der Waals surface area contributed by atoms with Crippen molar-refractivity contribution < 1.29 is 0 Å². The van der Waals surface area contributed by atoms with Crippen LogP contribution in [0.1, 0.15) is 37.1 Å². The summed E-state index contributed by atoms with van der Waals surface area (Å²) >= 11 is 0. The first kappa shape index (κ1) is 10.7. The van der Waals surface area contributed by atoms with Crippen LogP contribution >= 0.6 is 9.24 Å². The molecule has 0 aliphatic carbocycles. The van der Waals surface area contributed by atoms with Crippen molar-refractivity contribution in [3.05, 3.63) is 35.4 Å². The number of aryl methyl sites for hydroxylation is 1. The highest BCUT2D eigenvalue weighted by Crippen LogP contribution is 2.29. The second kappa shape index (κ2) is 4.77. The summed E-state index contributed by atoms with van der Waals surface area (Å²) in [6.45, 7) is 6.67. The van der Waals surface area contributed by atoms with E-state index in [1.807, 2.05) is 0 Å². The van der Waals surface area contributed by atoms with Crippen LogP contribution in [0.2, 0.25) is 0 Å². The van der Waals surface area contributed by atoms with Crippen LogP contribution in [-0.2, 0) is 0 Å². The van der Waals surface area contributed by atoms with E-state index in [9.17, 15) is 0 Å². The molecule has 0 fully saturated rings. The fourth-order valence-electron chi connectivity index (χ4n) is 1.46. The van der Waals surface area contributed by atoms with Gasteiger partial charge in [-0.3, -0.25) is 0 Å². The summed E-state index contributed by atoms with van der Waals surface area (Å²) in [7, 11) is 2.93. The largest absolute Gasteiger partial charge is 0.130 e. The van der Waals surface area contributed by atoms with Gasteiger partial charge in [-0.2, -0.15) is 0 Å². The Morgan fingerprint density at radius 2 is 1.69 bits per heavy atom. The van der Waals surface area contributed by atoms with E-state index < -0.39 is 0 Å². The SMILES string of the molecule is Cc1ccc(C(P)CC(C)C)cc1. The molecule has 0 saturated carbocycles. The summed E-state index contributed by atoms with van der Waals surface area (Å²) in [5, 5.41) is 0. The Kier molecular flexibility index (Phi) is 3.93. The van der Waals surface area contributed by atoms with Crippen LogP contribution in [0, 0.1) is 12.8 Å². The van der Waals surface area contributed by atoms with Gasteiger partial charge in [0.05, 0.1) is 0 Å². The zero-order valence-electron chi connectivity index (χ0n) is 8.75. The first-order valence-corrected chi connectivity index (χ1v) is 5.58. The molecule has 0 N–H and O–H groups in total. The lowest BCUT2D eigenvalue weighted by atomic mass is 10.0. The van der Waals surface area contributed by atoms with Crippen LogP contribution in [0.15, 0.2) is 24.3 Å². The highest BCUT2D eigenvalue weighted by atomic mass is 31.0. The summed E-state index contributed by atoms with van der Waals surface area (Å²) in [6.07, 6.45) is 1.24. The Balaban J connectivity index is 2.66. The Bertz CT molecular complexity index is 248. The van der Waals surface area contributed by atoms with E-state index in [0.29, 0.717) is 5.66 Å². The van der Waals surface area contributed by atoms with Gasteiger partial charge in [0.15, 0.2) is 0 Å². The molecular weight excluding hydrogens is 175 g/mol. The van der Waals surface area contributed by atoms with Crippen LogP contribution in [-0.4, -0.2) is 0 Å². The van der Waals surface area contributed by atoms with E-state index in [4.69, 9.17) is 0 Å². The fraction of sp³-hybridized carbons (Fsp3) is 0.500. The number of hydrogen-bond donors (Lipinski definition) is 0. The van der Waals surface area contributed by atoms with Crippen LogP contribution in [0.5, 0.6) is 0 Å². The first-order valence-electron chi connectivity index (χ1n) is 4.91.